The molecule has 1 saturated heterocycles. The minimum atomic E-state index is -2.80. The molecule has 0 N–H and O–H groups in total. The summed E-state index contributed by atoms with van der Waals surface area (Å²) in [6.07, 6.45) is -2.30. The first-order valence-corrected chi connectivity index (χ1v) is 13.0. The summed E-state index contributed by atoms with van der Waals surface area (Å²) in [7, 11) is 1.28. The minimum absolute atomic E-state index is 0.0434. The van der Waals surface area contributed by atoms with Crippen molar-refractivity contribution >= 4 is 29.3 Å². The molecule has 0 atom stereocenters. The number of amides is 2. The Balaban J connectivity index is 1.69. The van der Waals surface area contributed by atoms with Crippen LogP contribution in [-0.4, -0.2) is 75.9 Å². The number of hydrogen-bond donors (Lipinski definition) is 0. The summed E-state index contributed by atoms with van der Waals surface area (Å²) >= 11 is 1.12. The number of thiazole rings is 1. The predicted molar refractivity (Wildman–Crippen MR) is 132 cm³/mol. The zero-order valence-corrected chi connectivity index (χ0v) is 22.4. The van der Waals surface area contributed by atoms with E-state index in [0.29, 0.717) is 5.01 Å². The lowest BCUT2D eigenvalue weighted by Crippen LogP contribution is -2.56. The van der Waals surface area contributed by atoms with Gasteiger partial charge in [-0.05, 0) is 33.6 Å². The molecule has 2 fully saturated rings. The van der Waals surface area contributed by atoms with E-state index in [1.165, 1.54) is 28.4 Å². The van der Waals surface area contributed by atoms with E-state index in [1.807, 2.05) is 0 Å². The summed E-state index contributed by atoms with van der Waals surface area (Å²) in [6.45, 7) is 4.86. The van der Waals surface area contributed by atoms with Gasteiger partial charge < -0.3 is 19.1 Å². The Kier molecular flexibility index (Phi) is 8.00. The van der Waals surface area contributed by atoms with Crippen molar-refractivity contribution in [1.82, 2.24) is 19.9 Å². The molecule has 0 bridgehead atoms. The Morgan fingerprint density at radius 2 is 1.87 bits per heavy atom. The number of alkyl halides is 3. The molecule has 1 saturated carbocycles. The van der Waals surface area contributed by atoms with E-state index >= 15 is 0 Å². The molecule has 1 aliphatic carbocycles. The molecule has 10 nitrogen and oxygen atoms in total. The number of carbonyl (C=O) groups is 2. The van der Waals surface area contributed by atoms with Gasteiger partial charge in [-0.1, -0.05) is 0 Å². The van der Waals surface area contributed by atoms with Gasteiger partial charge in [0.1, 0.15) is 24.2 Å². The molecule has 0 aromatic carbocycles. The summed E-state index contributed by atoms with van der Waals surface area (Å²) in [5.74, 6) is -2.54. The summed E-state index contributed by atoms with van der Waals surface area (Å²) < 4.78 is 57.3. The summed E-state index contributed by atoms with van der Waals surface area (Å²) in [6, 6.07) is 0.835. The molecule has 2 aromatic heterocycles. The first kappa shape index (κ1) is 27.9. The number of halogens is 3. The van der Waals surface area contributed by atoms with Crippen molar-refractivity contribution in [2.24, 2.45) is 0 Å². The molecule has 2 amide bonds. The van der Waals surface area contributed by atoms with Crippen molar-refractivity contribution in [1.29, 1.82) is 0 Å². The molecule has 0 unspecified atom stereocenters. The molecule has 0 radical (unpaired) electrons. The van der Waals surface area contributed by atoms with Crippen LogP contribution >= 0.6 is 11.3 Å². The largest absolute Gasteiger partial charge is 0.470 e. The highest BCUT2D eigenvalue weighted by molar-refractivity contribution is 7.13. The van der Waals surface area contributed by atoms with E-state index in [-0.39, 0.29) is 62.0 Å². The van der Waals surface area contributed by atoms with Gasteiger partial charge in [-0.2, -0.15) is 4.98 Å². The van der Waals surface area contributed by atoms with E-state index in [9.17, 15) is 22.8 Å². The topological polar surface area (TPSA) is 107 Å². The number of rotatable bonds is 6. The highest BCUT2D eigenvalue weighted by Crippen LogP contribution is 2.38. The van der Waals surface area contributed by atoms with Crippen molar-refractivity contribution in [3.63, 3.8) is 0 Å². The molecular formula is C24H30F3N5O5S. The molecule has 0 spiro atoms. The SMILES string of the molecule is COC(=O)N1CC(Oc2cc(N(C(=O)OC(C)(C)C)C3CCC(F)(F)CC3)nc(-c3nc(CF)cs3)n2)C1. The summed E-state index contributed by atoms with van der Waals surface area (Å²) in [5.41, 5.74) is -0.648. The van der Waals surface area contributed by atoms with Crippen LogP contribution in [0.25, 0.3) is 10.8 Å². The zero-order chi connectivity index (χ0) is 27.7. The molecule has 4 rings (SSSR count). The van der Waals surface area contributed by atoms with E-state index in [0.717, 1.165) is 11.3 Å². The van der Waals surface area contributed by atoms with Crippen LogP contribution in [0, 0.1) is 0 Å². The number of carbonyl (C=O) groups excluding carboxylic acids is 2. The third-order valence-corrected chi connectivity index (χ3v) is 6.91. The van der Waals surface area contributed by atoms with Gasteiger partial charge in [0.2, 0.25) is 11.8 Å². The monoisotopic (exact) mass is 557 g/mol. The van der Waals surface area contributed by atoms with Gasteiger partial charge in [0.25, 0.3) is 0 Å². The lowest BCUT2D eigenvalue weighted by Gasteiger charge is -2.38. The Morgan fingerprint density at radius 1 is 1.18 bits per heavy atom. The fourth-order valence-electron chi connectivity index (χ4n) is 4.15. The van der Waals surface area contributed by atoms with Crippen LogP contribution in [0.1, 0.15) is 52.1 Å². The molecule has 38 heavy (non-hydrogen) atoms. The number of methoxy groups -OCH3 is 1. The van der Waals surface area contributed by atoms with Crippen LogP contribution in [0.5, 0.6) is 5.88 Å². The third kappa shape index (κ3) is 6.63. The van der Waals surface area contributed by atoms with Crippen molar-refractivity contribution in [2.45, 2.75) is 76.8 Å². The Hall–Kier alpha value is -3.16. The lowest BCUT2D eigenvalue weighted by molar-refractivity contribution is -0.0388. The van der Waals surface area contributed by atoms with Crippen LogP contribution in [0.15, 0.2) is 11.4 Å². The van der Waals surface area contributed by atoms with Gasteiger partial charge in [0.15, 0.2) is 10.8 Å². The number of likely N-dealkylation sites (tertiary alicyclic amines) is 1. The van der Waals surface area contributed by atoms with Crippen molar-refractivity contribution < 1.29 is 37.0 Å². The van der Waals surface area contributed by atoms with Crippen LogP contribution in [0.2, 0.25) is 0 Å². The van der Waals surface area contributed by atoms with Crippen LogP contribution in [0.3, 0.4) is 0 Å². The average Bonchev–Trinajstić information content (AvgIpc) is 3.30. The Morgan fingerprint density at radius 3 is 2.45 bits per heavy atom. The van der Waals surface area contributed by atoms with Gasteiger partial charge in [0, 0.05) is 30.3 Å². The van der Waals surface area contributed by atoms with Crippen molar-refractivity contribution in [3.05, 3.63) is 17.1 Å². The lowest BCUT2D eigenvalue weighted by atomic mass is 9.91. The minimum Gasteiger partial charge on any atom is -0.470 e. The van der Waals surface area contributed by atoms with Crippen LogP contribution in [-0.2, 0) is 16.1 Å². The fourth-order valence-corrected chi connectivity index (χ4v) is 4.88. The number of aromatic nitrogens is 3. The summed E-state index contributed by atoms with van der Waals surface area (Å²) in [5, 5.41) is 1.83. The Labute approximate surface area is 222 Å². The van der Waals surface area contributed by atoms with Crippen LogP contribution < -0.4 is 9.64 Å². The number of nitrogens with zero attached hydrogens (tertiary/aromatic N) is 5. The number of ether oxygens (including phenoxy) is 3. The number of anilines is 1. The molecule has 1 aliphatic heterocycles. The molecule has 14 heteroatoms. The zero-order valence-electron chi connectivity index (χ0n) is 21.6. The highest BCUT2D eigenvalue weighted by atomic mass is 32.1. The van der Waals surface area contributed by atoms with Gasteiger partial charge in [-0.15, -0.1) is 11.3 Å². The smallest absolute Gasteiger partial charge is 0.416 e. The summed E-state index contributed by atoms with van der Waals surface area (Å²) in [4.78, 5) is 40.9. The molecule has 2 aliphatic rings. The first-order valence-electron chi connectivity index (χ1n) is 12.2. The molecule has 208 valence electrons. The van der Waals surface area contributed by atoms with Gasteiger partial charge in [-0.3, -0.25) is 4.90 Å². The maximum atomic E-state index is 13.9. The quantitative estimate of drug-likeness (QED) is 0.476. The fraction of sp³-hybridized carbons (Fsp3) is 0.625. The molecule has 2 aromatic rings. The predicted octanol–water partition coefficient (Wildman–Crippen LogP) is 5.22. The molecular weight excluding hydrogens is 527 g/mol. The van der Waals surface area contributed by atoms with Crippen LogP contribution in [0.4, 0.5) is 28.6 Å². The van der Waals surface area contributed by atoms with E-state index in [1.54, 1.807) is 20.8 Å². The second kappa shape index (κ2) is 10.9. The molecule has 3 heterocycles. The maximum Gasteiger partial charge on any atom is 0.416 e. The van der Waals surface area contributed by atoms with E-state index in [2.05, 4.69) is 15.0 Å². The normalized spacial score (nSPS) is 18.0. The number of hydrogen-bond acceptors (Lipinski definition) is 9. The second-order valence-electron chi connectivity index (χ2n) is 10.2. The standard InChI is InChI=1S/C24H30F3N5O5S/c1-23(2,3)37-22(34)32(15-5-7-24(26,27)8-6-15)17-9-18(36-16-11-31(12-16)21(33)35-4)30-19(29-17)20-28-14(10-25)13-38-20/h9,13,15-16H,5-8,10-12H2,1-4H3. The van der Waals surface area contributed by atoms with E-state index in [4.69, 9.17) is 14.2 Å². The van der Waals surface area contributed by atoms with Crippen molar-refractivity contribution in [2.75, 3.05) is 25.1 Å². The van der Waals surface area contributed by atoms with Gasteiger partial charge in [0.05, 0.1) is 25.9 Å². The Bertz CT molecular complexity index is 1160. The van der Waals surface area contributed by atoms with Gasteiger partial charge in [-0.25, -0.2) is 32.7 Å². The van der Waals surface area contributed by atoms with Crippen molar-refractivity contribution in [3.8, 4) is 16.7 Å². The third-order valence-electron chi connectivity index (χ3n) is 6.03. The average molecular weight is 558 g/mol. The maximum absolute atomic E-state index is 13.9. The first-order chi connectivity index (χ1) is 17.9. The van der Waals surface area contributed by atoms with E-state index < -0.39 is 42.5 Å². The highest BCUT2D eigenvalue weighted by Gasteiger charge is 2.41. The second-order valence-corrected chi connectivity index (χ2v) is 11.1. The van der Waals surface area contributed by atoms with Gasteiger partial charge >= 0.3 is 12.2 Å².